The average molecular weight is 170 g/mol. The minimum atomic E-state index is -0.756. The Hall–Kier alpha value is -1.06. The summed E-state index contributed by atoms with van der Waals surface area (Å²) in [6, 6.07) is -0.756. The molecule has 0 atom stereocenters. The molecule has 0 aromatic heterocycles. The summed E-state index contributed by atoms with van der Waals surface area (Å²) < 4.78 is 0. The van der Waals surface area contributed by atoms with Crippen LogP contribution < -0.4 is 11.1 Å². The minimum absolute atomic E-state index is 0.229. The number of rotatable bonds is 1. The van der Waals surface area contributed by atoms with Crippen LogP contribution in [0.1, 0.15) is 32.6 Å². The molecular weight excluding hydrogens is 156 g/mol. The van der Waals surface area contributed by atoms with Crippen molar-refractivity contribution in [3.05, 3.63) is 0 Å². The third-order valence-corrected chi connectivity index (χ3v) is 2.49. The number of carbonyl (C=O) groups is 2. The van der Waals surface area contributed by atoms with Gasteiger partial charge in [0.1, 0.15) is 0 Å². The van der Waals surface area contributed by atoms with Crippen molar-refractivity contribution >= 4 is 11.9 Å². The number of amides is 3. The third-order valence-electron chi connectivity index (χ3n) is 2.49. The van der Waals surface area contributed by atoms with Crippen LogP contribution in [0.25, 0.3) is 0 Å². The van der Waals surface area contributed by atoms with Gasteiger partial charge in [-0.1, -0.05) is 19.8 Å². The SMILES string of the molecule is CC1(C(=O)NC(N)=O)CCCC1. The van der Waals surface area contributed by atoms with E-state index < -0.39 is 6.03 Å². The van der Waals surface area contributed by atoms with Gasteiger partial charge in [-0.3, -0.25) is 10.1 Å². The Balaban J connectivity index is 2.56. The molecule has 1 saturated carbocycles. The van der Waals surface area contributed by atoms with E-state index in [0.29, 0.717) is 0 Å². The van der Waals surface area contributed by atoms with Gasteiger partial charge in [-0.05, 0) is 12.8 Å². The molecule has 0 saturated heterocycles. The summed E-state index contributed by atoms with van der Waals surface area (Å²) in [4.78, 5) is 21.8. The van der Waals surface area contributed by atoms with E-state index in [1.54, 1.807) is 0 Å². The second-order valence-corrected chi connectivity index (χ2v) is 3.59. The molecule has 4 heteroatoms. The number of primary amides is 1. The maximum atomic E-state index is 11.4. The van der Waals surface area contributed by atoms with E-state index >= 15 is 0 Å². The molecule has 0 aliphatic heterocycles. The van der Waals surface area contributed by atoms with Crippen molar-refractivity contribution in [3.63, 3.8) is 0 Å². The monoisotopic (exact) mass is 170 g/mol. The van der Waals surface area contributed by atoms with E-state index in [1.807, 2.05) is 6.92 Å². The van der Waals surface area contributed by atoms with Crippen molar-refractivity contribution in [2.45, 2.75) is 32.6 Å². The zero-order valence-corrected chi connectivity index (χ0v) is 7.22. The predicted molar refractivity (Wildman–Crippen MR) is 44.3 cm³/mol. The first-order valence-corrected chi connectivity index (χ1v) is 4.15. The average Bonchev–Trinajstić information content (AvgIpc) is 2.36. The van der Waals surface area contributed by atoms with Gasteiger partial charge in [0.05, 0.1) is 0 Å². The highest BCUT2D eigenvalue weighted by Crippen LogP contribution is 2.37. The lowest BCUT2D eigenvalue weighted by molar-refractivity contribution is -0.128. The molecule has 68 valence electrons. The molecule has 12 heavy (non-hydrogen) atoms. The number of hydrogen-bond donors (Lipinski definition) is 2. The van der Waals surface area contributed by atoms with Crippen LogP contribution in [0.2, 0.25) is 0 Å². The summed E-state index contributed by atoms with van der Waals surface area (Å²) in [5.41, 5.74) is 4.48. The molecule has 0 aromatic rings. The molecule has 0 bridgehead atoms. The van der Waals surface area contributed by atoms with Gasteiger partial charge < -0.3 is 5.73 Å². The van der Waals surface area contributed by atoms with Crippen molar-refractivity contribution in [3.8, 4) is 0 Å². The molecule has 1 rings (SSSR count). The number of nitrogens with two attached hydrogens (primary N) is 1. The fraction of sp³-hybridized carbons (Fsp3) is 0.750. The first kappa shape index (κ1) is 9.03. The molecular formula is C8H14N2O2. The quantitative estimate of drug-likeness (QED) is 0.609. The summed E-state index contributed by atoms with van der Waals surface area (Å²) in [5, 5.41) is 2.13. The second kappa shape index (κ2) is 3.13. The summed E-state index contributed by atoms with van der Waals surface area (Å²) in [6.07, 6.45) is 3.82. The van der Waals surface area contributed by atoms with Crippen LogP contribution in [0.3, 0.4) is 0 Å². The molecule has 0 spiro atoms. The maximum Gasteiger partial charge on any atom is 0.318 e. The van der Waals surface area contributed by atoms with Gasteiger partial charge >= 0.3 is 6.03 Å². The summed E-state index contributed by atoms with van der Waals surface area (Å²) in [6.45, 7) is 1.87. The number of nitrogens with one attached hydrogen (secondary N) is 1. The van der Waals surface area contributed by atoms with Crippen LogP contribution in [-0.4, -0.2) is 11.9 Å². The molecule has 1 fully saturated rings. The topological polar surface area (TPSA) is 72.2 Å². The van der Waals surface area contributed by atoms with E-state index in [2.05, 4.69) is 5.32 Å². The zero-order chi connectivity index (χ0) is 9.19. The zero-order valence-electron chi connectivity index (χ0n) is 7.22. The number of imide groups is 1. The molecule has 0 radical (unpaired) electrons. The number of hydrogen-bond acceptors (Lipinski definition) is 2. The molecule has 3 N–H and O–H groups in total. The first-order valence-electron chi connectivity index (χ1n) is 4.15. The highest BCUT2D eigenvalue weighted by Gasteiger charge is 2.36. The van der Waals surface area contributed by atoms with Crippen LogP contribution in [0, 0.1) is 5.41 Å². The standard InChI is InChI=1S/C8H14N2O2/c1-8(4-2-3-5-8)6(11)10-7(9)12/h2-5H2,1H3,(H3,9,10,11,12). The largest absolute Gasteiger partial charge is 0.351 e. The fourth-order valence-corrected chi connectivity index (χ4v) is 1.65. The molecule has 1 aliphatic rings. The Morgan fingerprint density at radius 3 is 2.25 bits per heavy atom. The Morgan fingerprint density at radius 2 is 1.83 bits per heavy atom. The molecule has 3 amide bonds. The Labute approximate surface area is 71.5 Å². The number of carbonyl (C=O) groups excluding carboxylic acids is 2. The van der Waals surface area contributed by atoms with Gasteiger partial charge in [0, 0.05) is 5.41 Å². The van der Waals surface area contributed by atoms with E-state index in [4.69, 9.17) is 5.73 Å². The maximum absolute atomic E-state index is 11.4. The fourth-order valence-electron chi connectivity index (χ4n) is 1.65. The summed E-state index contributed by atoms with van der Waals surface area (Å²) in [5.74, 6) is -0.229. The van der Waals surface area contributed by atoms with Crippen LogP contribution in [0.5, 0.6) is 0 Å². The Kier molecular flexibility index (Phi) is 2.35. The van der Waals surface area contributed by atoms with E-state index in [9.17, 15) is 9.59 Å². The van der Waals surface area contributed by atoms with Crippen molar-refractivity contribution in [1.82, 2.24) is 5.32 Å². The summed E-state index contributed by atoms with van der Waals surface area (Å²) in [7, 11) is 0. The molecule has 0 heterocycles. The van der Waals surface area contributed by atoms with E-state index in [0.717, 1.165) is 25.7 Å². The Morgan fingerprint density at radius 1 is 1.33 bits per heavy atom. The van der Waals surface area contributed by atoms with Gasteiger partial charge in [0.25, 0.3) is 0 Å². The highest BCUT2D eigenvalue weighted by atomic mass is 16.2. The van der Waals surface area contributed by atoms with Crippen LogP contribution in [0.4, 0.5) is 4.79 Å². The summed E-state index contributed by atoms with van der Waals surface area (Å²) >= 11 is 0. The lowest BCUT2D eigenvalue weighted by Gasteiger charge is -2.20. The smallest absolute Gasteiger partial charge is 0.318 e. The van der Waals surface area contributed by atoms with E-state index in [1.165, 1.54) is 0 Å². The van der Waals surface area contributed by atoms with Gasteiger partial charge in [0.15, 0.2) is 0 Å². The Bertz CT molecular complexity index is 207. The van der Waals surface area contributed by atoms with Crippen LogP contribution >= 0.6 is 0 Å². The third kappa shape index (κ3) is 1.75. The van der Waals surface area contributed by atoms with Crippen LogP contribution in [0.15, 0.2) is 0 Å². The van der Waals surface area contributed by atoms with Crippen molar-refractivity contribution in [2.75, 3.05) is 0 Å². The van der Waals surface area contributed by atoms with E-state index in [-0.39, 0.29) is 11.3 Å². The first-order chi connectivity index (χ1) is 5.54. The molecule has 0 unspecified atom stereocenters. The number of urea groups is 1. The predicted octanol–water partition coefficient (Wildman–Crippen LogP) is 0.762. The molecule has 0 aromatic carbocycles. The molecule has 4 nitrogen and oxygen atoms in total. The van der Waals surface area contributed by atoms with Crippen molar-refractivity contribution in [1.29, 1.82) is 0 Å². The van der Waals surface area contributed by atoms with Gasteiger partial charge in [0.2, 0.25) is 5.91 Å². The normalized spacial score (nSPS) is 20.4. The lowest BCUT2D eigenvalue weighted by atomic mass is 9.88. The second-order valence-electron chi connectivity index (χ2n) is 3.59. The van der Waals surface area contributed by atoms with Crippen LogP contribution in [-0.2, 0) is 4.79 Å². The van der Waals surface area contributed by atoms with Crippen molar-refractivity contribution < 1.29 is 9.59 Å². The van der Waals surface area contributed by atoms with Gasteiger partial charge in [-0.15, -0.1) is 0 Å². The van der Waals surface area contributed by atoms with Gasteiger partial charge in [-0.2, -0.15) is 0 Å². The van der Waals surface area contributed by atoms with Gasteiger partial charge in [-0.25, -0.2) is 4.79 Å². The minimum Gasteiger partial charge on any atom is -0.351 e. The van der Waals surface area contributed by atoms with Crippen molar-refractivity contribution in [2.24, 2.45) is 11.1 Å². The lowest BCUT2D eigenvalue weighted by Crippen LogP contribution is -2.43. The molecule has 1 aliphatic carbocycles. The highest BCUT2D eigenvalue weighted by molar-refractivity contribution is 5.96.